The molecule has 6 heteroatoms. The fourth-order valence-corrected chi connectivity index (χ4v) is 4.13. The van der Waals surface area contributed by atoms with Crippen molar-refractivity contribution in [2.24, 2.45) is 0 Å². The monoisotopic (exact) mass is 406 g/mol. The summed E-state index contributed by atoms with van der Waals surface area (Å²) in [6.07, 6.45) is 5.71. The summed E-state index contributed by atoms with van der Waals surface area (Å²) in [7, 11) is 0. The Morgan fingerprint density at radius 1 is 1.23 bits per heavy atom. The quantitative estimate of drug-likeness (QED) is 0.619. The highest BCUT2D eigenvalue weighted by Gasteiger charge is 2.28. The van der Waals surface area contributed by atoms with Crippen LogP contribution in [0.25, 0.3) is 11.0 Å². The van der Waals surface area contributed by atoms with Gasteiger partial charge in [-0.15, -0.1) is 0 Å². The summed E-state index contributed by atoms with van der Waals surface area (Å²) in [5.41, 5.74) is 3.70. The van der Waals surface area contributed by atoms with Crippen LogP contribution in [0.2, 0.25) is 0 Å². The number of benzene rings is 1. The van der Waals surface area contributed by atoms with Crippen LogP contribution in [0.1, 0.15) is 54.2 Å². The zero-order chi connectivity index (χ0) is 21.3. The number of halogens is 1. The van der Waals surface area contributed by atoms with Crippen LogP contribution in [0.15, 0.2) is 36.5 Å². The zero-order valence-electron chi connectivity index (χ0n) is 17.7. The van der Waals surface area contributed by atoms with Gasteiger partial charge in [-0.1, -0.05) is 13.0 Å². The minimum absolute atomic E-state index is 0.0355. The molecule has 1 saturated heterocycles. The Labute approximate surface area is 176 Å². The number of piperidine rings is 1. The van der Waals surface area contributed by atoms with Gasteiger partial charge >= 0.3 is 0 Å². The van der Waals surface area contributed by atoms with Gasteiger partial charge in [0.25, 0.3) is 5.91 Å². The van der Waals surface area contributed by atoms with Crippen molar-refractivity contribution < 1.29 is 9.18 Å². The summed E-state index contributed by atoms with van der Waals surface area (Å²) in [5.74, 6) is -0.325. The Bertz CT molecular complexity index is 1100. The molecule has 2 aromatic heterocycles. The van der Waals surface area contributed by atoms with Crippen LogP contribution in [-0.2, 0) is 0 Å². The smallest absolute Gasteiger partial charge is 0.257 e. The van der Waals surface area contributed by atoms with Crippen LogP contribution in [0, 0.1) is 19.7 Å². The number of fused-ring (bicyclic) bond motifs is 1. The molecule has 0 spiro atoms. The van der Waals surface area contributed by atoms with Crippen molar-refractivity contribution in [1.82, 2.24) is 14.9 Å². The zero-order valence-corrected chi connectivity index (χ0v) is 17.7. The van der Waals surface area contributed by atoms with Crippen LogP contribution in [0.5, 0.6) is 0 Å². The van der Waals surface area contributed by atoms with Crippen molar-refractivity contribution in [2.75, 3.05) is 11.9 Å². The summed E-state index contributed by atoms with van der Waals surface area (Å²) in [6.45, 7) is 6.50. The molecule has 5 nitrogen and oxygen atoms in total. The fourth-order valence-electron chi connectivity index (χ4n) is 4.13. The molecule has 3 aromatic rings. The van der Waals surface area contributed by atoms with E-state index in [9.17, 15) is 9.18 Å². The number of hydrogen-bond acceptors (Lipinski definition) is 4. The lowest BCUT2D eigenvalue weighted by Crippen LogP contribution is -2.43. The topological polar surface area (TPSA) is 58.1 Å². The molecule has 0 radical (unpaired) electrons. The number of amides is 1. The second-order valence-electron chi connectivity index (χ2n) is 8.02. The molecule has 0 bridgehead atoms. The predicted octanol–water partition coefficient (Wildman–Crippen LogP) is 5.53. The molecule has 3 heterocycles. The third kappa shape index (κ3) is 3.86. The van der Waals surface area contributed by atoms with Crippen molar-refractivity contribution in [3.05, 3.63) is 59.2 Å². The summed E-state index contributed by atoms with van der Waals surface area (Å²) >= 11 is 0. The number of rotatable bonds is 4. The molecule has 1 aromatic carbocycles. The molecule has 1 aliphatic rings. The average Bonchev–Trinajstić information content (AvgIpc) is 2.75. The Kier molecular flexibility index (Phi) is 5.66. The van der Waals surface area contributed by atoms with Crippen molar-refractivity contribution >= 4 is 28.3 Å². The number of anilines is 2. The summed E-state index contributed by atoms with van der Waals surface area (Å²) < 4.78 is 14.2. The number of pyridine rings is 2. The highest BCUT2D eigenvalue weighted by atomic mass is 19.1. The van der Waals surface area contributed by atoms with E-state index in [0.717, 1.165) is 43.3 Å². The van der Waals surface area contributed by atoms with Crippen LogP contribution < -0.4 is 5.32 Å². The number of aromatic nitrogens is 2. The number of hydrogen-bond donors (Lipinski definition) is 1. The van der Waals surface area contributed by atoms with Crippen LogP contribution in [-0.4, -0.2) is 33.4 Å². The Morgan fingerprint density at radius 3 is 2.83 bits per heavy atom. The van der Waals surface area contributed by atoms with E-state index in [4.69, 9.17) is 0 Å². The van der Waals surface area contributed by atoms with E-state index in [-0.39, 0.29) is 17.8 Å². The standard InChI is InChI=1S/C24H27FN4O/c1-4-18-7-5-6-12-29(18)24(30)20-14-26-23-19(11-9-16(3)27-23)22(20)28-17-10-8-15(2)21(25)13-17/h8-11,13-14,18H,4-7,12H2,1-3H3,(H,26,27,28)/t18-/m1/s1. The highest BCUT2D eigenvalue weighted by molar-refractivity contribution is 6.07. The third-order valence-corrected chi connectivity index (χ3v) is 5.90. The second kappa shape index (κ2) is 8.38. The lowest BCUT2D eigenvalue weighted by Gasteiger charge is -2.35. The minimum Gasteiger partial charge on any atom is -0.354 e. The van der Waals surface area contributed by atoms with Gasteiger partial charge in [-0.2, -0.15) is 0 Å². The second-order valence-corrected chi connectivity index (χ2v) is 8.02. The van der Waals surface area contributed by atoms with Gasteiger partial charge in [0, 0.05) is 35.6 Å². The maximum atomic E-state index is 14.2. The predicted molar refractivity (Wildman–Crippen MR) is 118 cm³/mol. The molecule has 1 N–H and O–H groups in total. The summed E-state index contributed by atoms with van der Waals surface area (Å²) in [5, 5.41) is 4.04. The molecule has 1 atom stereocenters. The number of nitrogens with zero attached hydrogens (tertiary/aromatic N) is 3. The molecule has 1 amide bonds. The van der Waals surface area contributed by atoms with E-state index in [0.29, 0.717) is 28.1 Å². The molecule has 1 aliphatic heterocycles. The number of likely N-dealkylation sites (tertiary alicyclic amines) is 1. The maximum Gasteiger partial charge on any atom is 0.257 e. The number of carbonyl (C=O) groups excluding carboxylic acids is 1. The Morgan fingerprint density at radius 2 is 2.07 bits per heavy atom. The molecule has 0 unspecified atom stereocenters. The Hall–Kier alpha value is -3.02. The van der Waals surface area contributed by atoms with Gasteiger partial charge in [0.05, 0.1) is 11.3 Å². The average molecular weight is 407 g/mol. The van der Waals surface area contributed by atoms with Gasteiger partial charge in [0.15, 0.2) is 5.65 Å². The van der Waals surface area contributed by atoms with Crippen LogP contribution in [0.4, 0.5) is 15.8 Å². The molecule has 4 rings (SSSR count). The summed E-state index contributed by atoms with van der Waals surface area (Å²) in [6, 6.07) is 9.05. The van der Waals surface area contributed by atoms with Gasteiger partial charge in [0.2, 0.25) is 0 Å². The van der Waals surface area contributed by atoms with Gasteiger partial charge in [-0.25, -0.2) is 14.4 Å². The Balaban J connectivity index is 1.82. The maximum absolute atomic E-state index is 14.2. The molecule has 156 valence electrons. The molecular weight excluding hydrogens is 379 g/mol. The molecule has 0 saturated carbocycles. The first kappa shape index (κ1) is 20.3. The number of carbonyl (C=O) groups is 1. The van der Waals surface area contributed by atoms with Crippen LogP contribution >= 0.6 is 0 Å². The first-order valence-electron chi connectivity index (χ1n) is 10.6. The van der Waals surface area contributed by atoms with Gasteiger partial charge in [0.1, 0.15) is 5.82 Å². The first-order chi connectivity index (χ1) is 14.5. The van der Waals surface area contributed by atoms with Crippen molar-refractivity contribution in [3.63, 3.8) is 0 Å². The largest absolute Gasteiger partial charge is 0.354 e. The van der Waals surface area contributed by atoms with E-state index < -0.39 is 0 Å². The lowest BCUT2D eigenvalue weighted by molar-refractivity contribution is 0.0609. The molecule has 1 fully saturated rings. The number of nitrogens with one attached hydrogen (secondary N) is 1. The first-order valence-corrected chi connectivity index (χ1v) is 10.6. The normalized spacial score (nSPS) is 16.7. The number of aryl methyl sites for hydroxylation is 2. The molecule has 30 heavy (non-hydrogen) atoms. The van der Waals surface area contributed by atoms with E-state index in [1.165, 1.54) is 6.07 Å². The van der Waals surface area contributed by atoms with E-state index in [1.807, 2.05) is 30.0 Å². The lowest BCUT2D eigenvalue weighted by atomic mass is 9.98. The van der Waals surface area contributed by atoms with E-state index in [2.05, 4.69) is 22.2 Å². The van der Waals surface area contributed by atoms with Gasteiger partial charge in [-0.3, -0.25) is 4.79 Å². The highest BCUT2D eigenvalue weighted by Crippen LogP contribution is 2.32. The van der Waals surface area contributed by atoms with E-state index >= 15 is 0 Å². The van der Waals surface area contributed by atoms with Crippen molar-refractivity contribution in [1.29, 1.82) is 0 Å². The van der Waals surface area contributed by atoms with Gasteiger partial charge in [-0.05, 0) is 69.4 Å². The fraction of sp³-hybridized carbons (Fsp3) is 0.375. The molecular formula is C24H27FN4O. The third-order valence-electron chi connectivity index (χ3n) is 5.90. The van der Waals surface area contributed by atoms with Gasteiger partial charge < -0.3 is 10.2 Å². The van der Waals surface area contributed by atoms with E-state index in [1.54, 1.807) is 19.2 Å². The summed E-state index contributed by atoms with van der Waals surface area (Å²) in [4.78, 5) is 24.5. The minimum atomic E-state index is -0.290. The van der Waals surface area contributed by atoms with Crippen molar-refractivity contribution in [2.45, 2.75) is 52.5 Å². The SMILES string of the molecule is CC[C@@H]1CCCCN1C(=O)c1cnc2nc(C)ccc2c1Nc1ccc(C)c(F)c1. The van der Waals surface area contributed by atoms with Crippen molar-refractivity contribution in [3.8, 4) is 0 Å². The van der Waals surface area contributed by atoms with Crippen LogP contribution in [0.3, 0.4) is 0 Å². The molecule has 0 aliphatic carbocycles.